The van der Waals surface area contributed by atoms with E-state index in [1.807, 2.05) is 0 Å². The van der Waals surface area contributed by atoms with Gasteiger partial charge < -0.3 is 4.74 Å². The summed E-state index contributed by atoms with van der Waals surface area (Å²) >= 11 is 1.28. The summed E-state index contributed by atoms with van der Waals surface area (Å²) in [4.78, 5) is 25.7. The Kier molecular flexibility index (Phi) is 3.42. The molecule has 0 bridgehead atoms. The molecule has 1 aliphatic carbocycles. The SMILES string of the molecule is CCOC(=O)C1(c2csc(C=C[N+](=O)[O-])n2)CC1. The quantitative estimate of drug-likeness (QED) is 0.463. The molecule has 1 fully saturated rings. The van der Waals surface area contributed by atoms with E-state index in [1.165, 1.54) is 17.4 Å². The van der Waals surface area contributed by atoms with Crippen molar-refractivity contribution in [3.8, 4) is 0 Å². The number of carbonyl (C=O) groups excluding carboxylic acids is 1. The van der Waals surface area contributed by atoms with Crippen molar-refractivity contribution in [1.82, 2.24) is 4.98 Å². The normalized spacial score (nSPS) is 16.7. The van der Waals surface area contributed by atoms with Crippen LogP contribution in [0.2, 0.25) is 0 Å². The fourth-order valence-electron chi connectivity index (χ4n) is 1.67. The van der Waals surface area contributed by atoms with Gasteiger partial charge in [0.2, 0.25) is 6.20 Å². The Hall–Kier alpha value is -1.76. The van der Waals surface area contributed by atoms with E-state index in [9.17, 15) is 14.9 Å². The number of hydrogen-bond donors (Lipinski definition) is 0. The van der Waals surface area contributed by atoms with Crippen molar-refractivity contribution < 1.29 is 14.5 Å². The fraction of sp³-hybridized carbons (Fsp3) is 0.455. The molecule has 0 unspecified atom stereocenters. The summed E-state index contributed by atoms with van der Waals surface area (Å²) in [7, 11) is 0. The maximum Gasteiger partial charge on any atom is 0.318 e. The number of rotatable bonds is 5. The molecule has 7 heteroatoms. The van der Waals surface area contributed by atoms with Crippen molar-refractivity contribution in [2.45, 2.75) is 25.2 Å². The Morgan fingerprint density at radius 1 is 1.72 bits per heavy atom. The third-order valence-corrected chi connectivity index (χ3v) is 3.58. The van der Waals surface area contributed by atoms with E-state index in [0.717, 1.165) is 19.0 Å². The minimum absolute atomic E-state index is 0.250. The van der Waals surface area contributed by atoms with Crippen LogP contribution >= 0.6 is 11.3 Å². The van der Waals surface area contributed by atoms with Crippen LogP contribution in [0.4, 0.5) is 0 Å². The van der Waals surface area contributed by atoms with E-state index < -0.39 is 10.3 Å². The number of aromatic nitrogens is 1. The average Bonchev–Trinajstić information content (AvgIpc) is 3.00. The third-order valence-electron chi connectivity index (χ3n) is 2.77. The number of thiazole rings is 1. The lowest BCUT2D eigenvalue weighted by atomic mass is 10.0. The van der Waals surface area contributed by atoms with E-state index in [2.05, 4.69) is 4.98 Å². The summed E-state index contributed by atoms with van der Waals surface area (Å²) < 4.78 is 5.03. The van der Waals surface area contributed by atoms with Gasteiger partial charge in [0.25, 0.3) is 0 Å². The highest BCUT2D eigenvalue weighted by Crippen LogP contribution is 2.49. The standard InChI is InChI=1S/C11H12N2O4S/c1-2-17-10(14)11(4-5-11)8-7-18-9(12-8)3-6-13(15)16/h3,6-7H,2,4-5H2,1H3. The molecule has 0 saturated heterocycles. The van der Waals surface area contributed by atoms with E-state index >= 15 is 0 Å². The smallest absolute Gasteiger partial charge is 0.318 e. The van der Waals surface area contributed by atoms with Crippen LogP contribution in [0.1, 0.15) is 30.5 Å². The molecule has 96 valence electrons. The van der Waals surface area contributed by atoms with E-state index in [1.54, 1.807) is 12.3 Å². The molecule has 0 aliphatic heterocycles. The summed E-state index contributed by atoms with van der Waals surface area (Å²) in [5, 5.41) is 12.5. The summed E-state index contributed by atoms with van der Waals surface area (Å²) in [6, 6.07) is 0. The topological polar surface area (TPSA) is 82.3 Å². The molecule has 0 atom stereocenters. The maximum absolute atomic E-state index is 11.8. The molecule has 1 aromatic heterocycles. The molecule has 0 N–H and O–H groups in total. The van der Waals surface area contributed by atoms with Gasteiger partial charge >= 0.3 is 5.97 Å². The largest absolute Gasteiger partial charge is 0.465 e. The highest BCUT2D eigenvalue weighted by atomic mass is 32.1. The van der Waals surface area contributed by atoms with Crippen molar-refractivity contribution in [3.05, 3.63) is 32.4 Å². The van der Waals surface area contributed by atoms with E-state index in [4.69, 9.17) is 4.74 Å². The van der Waals surface area contributed by atoms with Crippen LogP contribution in [0.5, 0.6) is 0 Å². The molecule has 0 aromatic carbocycles. The Morgan fingerprint density at radius 3 is 3.00 bits per heavy atom. The van der Waals surface area contributed by atoms with Gasteiger partial charge in [-0.1, -0.05) is 0 Å². The number of nitrogens with zero attached hydrogens (tertiary/aromatic N) is 2. The van der Waals surface area contributed by atoms with Crippen molar-refractivity contribution in [1.29, 1.82) is 0 Å². The lowest BCUT2D eigenvalue weighted by Gasteiger charge is -2.10. The summed E-state index contributed by atoms with van der Waals surface area (Å²) in [5.41, 5.74) is 0.0571. The zero-order valence-electron chi connectivity index (χ0n) is 9.79. The monoisotopic (exact) mass is 268 g/mol. The second kappa shape index (κ2) is 4.85. The van der Waals surface area contributed by atoms with Crippen LogP contribution in [0.25, 0.3) is 6.08 Å². The number of esters is 1. The van der Waals surface area contributed by atoms with Gasteiger partial charge in [0.05, 0.1) is 17.2 Å². The number of ether oxygens (including phenoxy) is 1. The Labute approximate surface area is 107 Å². The number of hydrogen-bond acceptors (Lipinski definition) is 6. The predicted octanol–water partition coefficient (Wildman–Crippen LogP) is 1.99. The molecule has 1 saturated carbocycles. The first-order valence-corrected chi connectivity index (χ1v) is 6.41. The number of nitro groups is 1. The maximum atomic E-state index is 11.8. The summed E-state index contributed by atoms with van der Waals surface area (Å²) in [6.07, 6.45) is 3.63. The average molecular weight is 268 g/mol. The lowest BCUT2D eigenvalue weighted by Crippen LogP contribution is -2.23. The Balaban J connectivity index is 2.15. The molecule has 18 heavy (non-hydrogen) atoms. The summed E-state index contributed by atoms with van der Waals surface area (Å²) in [5.74, 6) is -0.250. The molecular formula is C11H12N2O4S. The highest BCUT2D eigenvalue weighted by molar-refractivity contribution is 7.10. The van der Waals surface area contributed by atoms with Gasteiger partial charge in [0.1, 0.15) is 10.4 Å². The molecule has 1 heterocycles. The Bertz CT molecular complexity index is 505. The van der Waals surface area contributed by atoms with Crippen LogP contribution in [-0.4, -0.2) is 22.5 Å². The molecule has 2 rings (SSSR count). The second-order valence-corrected chi connectivity index (χ2v) is 4.86. The van der Waals surface area contributed by atoms with Gasteiger partial charge in [-0.15, -0.1) is 11.3 Å². The third kappa shape index (κ3) is 2.40. The van der Waals surface area contributed by atoms with Crippen molar-refractivity contribution >= 4 is 23.4 Å². The van der Waals surface area contributed by atoms with Crippen LogP contribution in [0.3, 0.4) is 0 Å². The first kappa shape index (κ1) is 12.7. The van der Waals surface area contributed by atoms with Gasteiger partial charge in [-0.2, -0.15) is 0 Å². The zero-order valence-corrected chi connectivity index (χ0v) is 10.6. The fourth-order valence-corrected chi connectivity index (χ4v) is 2.47. The molecule has 0 spiro atoms. The minimum Gasteiger partial charge on any atom is -0.465 e. The van der Waals surface area contributed by atoms with Crippen LogP contribution < -0.4 is 0 Å². The van der Waals surface area contributed by atoms with Crippen LogP contribution in [0.15, 0.2) is 11.6 Å². The Morgan fingerprint density at radius 2 is 2.44 bits per heavy atom. The van der Waals surface area contributed by atoms with Gasteiger partial charge in [-0.3, -0.25) is 14.9 Å². The summed E-state index contributed by atoms with van der Waals surface area (Å²) in [6.45, 7) is 2.11. The molecule has 0 radical (unpaired) electrons. The highest BCUT2D eigenvalue weighted by Gasteiger charge is 2.54. The molecule has 6 nitrogen and oxygen atoms in total. The van der Waals surface area contributed by atoms with Crippen LogP contribution in [0, 0.1) is 10.1 Å². The van der Waals surface area contributed by atoms with E-state index in [-0.39, 0.29) is 5.97 Å². The van der Waals surface area contributed by atoms with Gasteiger partial charge in [0.15, 0.2) is 0 Å². The van der Waals surface area contributed by atoms with Crippen molar-refractivity contribution in [2.24, 2.45) is 0 Å². The predicted molar refractivity (Wildman–Crippen MR) is 65.7 cm³/mol. The van der Waals surface area contributed by atoms with Gasteiger partial charge in [-0.25, -0.2) is 4.98 Å². The lowest BCUT2D eigenvalue weighted by molar-refractivity contribution is -0.400. The first-order valence-electron chi connectivity index (χ1n) is 5.53. The molecule has 1 aromatic rings. The van der Waals surface area contributed by atoms with Gasteiger partial charge in [0, 0.05) is 11.5 Å². The van der Waals surface area contributed by atoms with Crippen LogP contribution in [-0.2, 0) is 14.9 Å². The minimum atomic E-state index is -0.604. The molecule has 1 aliphatic rings. The number of carbonyl (C=O) groups is 1. The van der Waals surface area contributed by atoms with Gasteiger partial charge in [-0.05, 0) is 19.8 Å². The first-order chi connectivity index (χ1) is 8.58. The molecule has 0 amide bonds. The van der Waals surface area contributed by atoms with Crippen molar-refractivity contribution in [2.75, 3.05) is 6.61 Å². The zero-order chi connectivity index (χ0) is 13.2. The molecular weight excluding hydrogens is 256 g/mol. The van der Waals surface area contributed by atoms with E-state index in [0.29, 0.717) is 17.3 Å². The second-order valence-electron chi connectivity index (χ2n) is 3.97. The van der Waals surface area contributed by atoms with Crippen molar-refractivity contribution in [3.63, 3.8) is 0 Å².